The first kappa shape index (κ1) is 22.2. The highest BCUT2D eigenvalue weighted by Crippen LogP contribution is 2.35. The summed E-state index contributed by atoms with van der Waals surface area (Å²) < 4.78 is 1.98. The molecule has 1 aliphatic heterocycles. The second-order valence-electron chi connectivity index (χ2n) is 7.28. The lowest BCUT2D eigenvalue weighted by molar-refractivity contribution is -0.131. The highest BCUT2D eigenvalue weighted by Gasteiger charge is 2.34. The van der Waals surface area contributed by atoms with Crippen LogP contribution in [0.1, 0.15) is 45.2 Å². The van der Waals surface area contributed by atoms with Gasteiger partial charge in [-0.2, -0.15) is 0 Å². The third-order valence-electron chi connectivity index (χ3n) is 5.42. The molecule has 160 valence electrons. The number of nitrogens with zero attached hydrogens (tertiary/aromatic N) is 3. The van der Waals surface area contributed by atoms with Crippen molar-refractivity contribution in [1.82, 2.24) is 14.4 Å². The number of amides is 3. The van der Waals surface area contributed by atoms with Gasteiger partial charge >= 0.3 is 0 Å². The summed E-state index contributed by atoms with van der Waals surface area (Å²) in [5.41, 5.74) is 3.02. The molecule has 1 aliphatic rings. The molecule has 7 heteroatoms. The summed E-state index contributed by atoms with van der Waals surface area (Å²) >= 11 is 0.985. The quantitative estimate of drug-likeness (QED) is 0.581. The van der Waals surface area contributed by atoms with Crippen LogP contribution in [-0.2, 0) is 22.6 Å². The van der Waals surface area contributed by atoms with Gasteiger partial charge in [0.15, 0.2) is 0 Å². The van der Waals surface area contributed by atoms with Crippen molar-refractivity contribution in [2.75, 3.05) is 19.6 Å². The van der Waals surface area contributed by atoms with Crippen molar-refractivity contribution >= 4 is 45.8 Å². The summed E-state index contributed by atoms with van der Waals surface area (Å²) in [5, 5.41) is 0.770. The van der Waals surface area contributed by atoms with Crippen LogP contribution < -0.4 is 0 Å². The molecule has 0 aliphatic carbocycles. The van der Waals surface area contributed by atoms with Crippen molar-refractivity contribution in [1.29, 1.82) is 0 Å². The van der Waals surface area contributed by atoms with E-state index in [-0.39, 0.29) is 23.6 Å². The molecule has 0 saturated carbocycles. The molecule has 0 N–H and O–H groups in total. The lowest BCUT2D eigenvalue weighted by Gasteiger charge is -2.19. The van der Waals surface area contributed by atoms with Gasteiger partial charge in [0.25, 0.3) is 11.1 Å². The largest absolute Gasteiger partial charge is 0.342 e. The van der Waals surface area contributed by atoms with Crippen molar-refractivity contribution in [3.63, 3.8) is 0 Å². The summed E-state index contributed by atoms with van der Waals surface area (Å²) in [4.78, 5) is 41.2. The molecule has 0 atom stereocenters. The Balaban J connectivity index is 2.05. The molecule has 1 aromatic heterocycles. The Morgan fingerprint density at radius 2 is 1.87 bits per heavy atom. The van der Waals surface area contributed by atoms with Crippen LogP contribution in [0.2, 0.25) is 0 Å². The number of rotatable bonds is 8. The molecule has 30 heavy (non-hydrogen) atoms. The van der Waals surface area contributed by atoms with Crippen LogP contribution in [0, 0.1) is 0 Å². The monoisotopic (exact) mass is 427 g/mol. The summed E-state index contributed by atoms with van der Waals surface area (Å²) in [5.74, 6) is -0.170. The van der Waals surface area contributed by atoms with Gasteiger partial charge in [0.05, 0.1) is 10.4 Å². The Bertz CT molecular complexity index is 1000. The molecule has 1 saturated heterocycles. The number of thioether (sulfide) groups is 1. The Kier molecular flexibility index (Phi) is 7.02. The van der Waals surface area contributed by atoms with Gasteiger partial charge in [-0.1, -0.05) is 32.0 Å². The van der Waals surface area contributed by atoms with E-state index in [1.807, 2.05) is 48.6 Å². The molecular weight excluding hydrogens is 398 g/mol. The number of carbonyl (C=O) groups is 3. The van der Waals surface area contributed by atoms with Gasteiger partial charge in [0, 0.05) is 36.8 Å². The lowest BCUT2D eigenvalue weighted by atomic mass is 10.1. The van der Waals surface area contributed by atoms with E-state index in [1.165, 1.54) is 4.90 Å². The fourth-order valence-corrected chi connectivity index (χ4v) is 4.73. The van der Waals surface area contributed by atoms with E-state index < -0.39 is 0 Å². The van der Waals surface area contributed by atoms with Crippen LogP contribution in [0.15, 0.2) is 29.3 Å². The Morgan fingerprint density at radius 3 is 2.50 bits per heavy atom. The highest BCUT2D eigenvalue weighted by atomic mass is 32.2. The fourth-order valence-electron chi connectivity index (χ4n) is 3.87. The molecular formula is C23H29N3O3S. The third kappa shape index (κ3) is 4.17. The number of likely N-dealkylation sites (N-methyl/N-ethyl adjacent to an activating group) is 1. The predicted molar refractivity (Wildman–Crippen MR) is 122 cm³/mol. The molecule has 1 aromatic carbocycles. The van der Waals surface area contributed by atoms with Crippen LogP contribution in [0.4, 0.5) is 4.79 Å². The summed E-state index contributed by atoms with van der Waals surface area (Å²) in [6, 6.07) is 6.08. The molecule has 2 aromatic rings. The average molecular weight is 428 g/mol. The number of aryl methyl sites for hydroxylation is 1. The van der Waals surface area contributed by atoms with Crippen molar-refractivity contribution in [3.05, 3.63) is 40.4 Å². The van der Waals surface area contributed by atoms with Crippen molar-refractivity contribution in [2.45, 2.75) is 47.1 Å². The molecule has 1 fully saturated rings. The molecule has 3 amide bonds. The molecule has 0 radical (unpaired) electrons. The number of aromatic nitrogens is 1. The van der Waals surface area contributed by atoms with Crippen molar-refractivity contribution in [3.8, 4) is 0 Å². The Labute approximate surface area is 181 Å². The minimum Gasteiger partial charge on any atom is -0.342 e. The highest BCUT2D eigenvalue weighted by molar-refractivity contribution is 8.18. The molecule has 6 nitrogen and oxygen atoms in total. The van der Waals surface area contributed by atoms with Gasteiger partial charge in [-0.3, -0.25) is 19.3 Å². The Morgan fingerprint density at radius 1 is 1.13 bits per heavy atom. The molecule has 3 rings (SSSR count). The van der Waals surface area contributed by atoms with E-state index in [0.717, 1.165) is 46.6 Å². The number of carbonyl (C=O) groups excluding carboxylic acids is 3. The van der Waals surface area contributed by atoms with Crippen molar-refractivity contribution in [2.24, 2.45) is 0 Å². The molecule has 0 spiro atoms. The maximum Gasteiger partial charge on any atom is 0.293 e. The summed E-state index contributed by atoms with van der Waals surface area (Å²) in [7, 11) is 0. The lowest BCUT2D eigenvalue weighted by Crippen LogP contribution is -2.33. The SMILES string of the molecule is CCCN1C(=O)S/C(=C\c2cn(CC(=O)N(CC)CC)c3c(CC)cccc23)C1=O. The molecule has 0 unspecified atom stereocenters. The second kappa shape index (κ2) is 9.51. The predicted octanol–water partition coefficient (Wildman–Crippen LogP) is 4.52. The van der Waals surface area contributed by atoms with Gasteiger partial charge in [0.1, 0.15) is 6.54 Å². The maximum absolute atomic E-state index is 12.8. The standard InChI is InChI=1S/C23H29N3O3S/c1-5-12-26-22(28)19(30-23(26)29)13-17-14-25(15-20(27)24(7-3)8-4)21-16(6-2)10-9-11-18(17)21/h9-11,13-14H,5-8,12,15H2,1-4H3/b19-13-. The van der Waals surface area contributed by atoms with E-state index in [4.69, 9.17) is 0 Å². The number of hydrogen-bond donors (Lipinski definition) is 0. The van der Waals surface area contributed by atoms with Gasteiger partial charge in [-0.25, -0.2) is 0 Å². The molecule has 0 bridgehead atoms. The number of benzene rings is 1. The first-order valence-electron chi connectivity index (χ1n) is 10.6. The topological polar surface area (TPSA) is 62.6 Å². The van der Waals surface area contributed by atoms with Gasteiger partial charge in [-0.15, -0.1) is 0 Å². The Hall–Kier alpha value is -2.54. The zero-order chi connectivity index (χ0) is 21.8. The summed E-state index contributed by atoms with van der Waals surface area (Å²) in [6.45, 7) is 10.0. The third-order valence-corrected chi connectivity index (χ3v) is 6.33. The minimum absolute atomic E-state index is 0.0672. The number of hydrogen-bond acceptors (Lipinski definition) is 4. The minimum atomic E-state index is -0.237. The number of imide groups is 1. The van der Waals surface area contributed by atoms with E-state index in [1.54, 1.807) is 6.08 Å². The fraction of sp³-hybridized carbons (Fsp3) is 0.435. The summed E-state index contributed by atoms with van der Waals surface area (Å²) in [6.07, 6.45) is 5.30. The normalized spacial score (nSPS) is 15.6. The van der Waals surface area contributed by atoms with Crippen LogP contribution in [-0.4, -0.2) is 51.1 Å². The average Bonchev–Trinajstić information content (AvgIpc) is 3.21. The van der Waals surface area contributed by atoms with Gasteiger partial charge in [0.2, 0.25) is 5.91 Å². The van der Waals surface area contributed by atoms with Crippen LogP contribution in [0.3, 0.4) is 0 Å². The van der Waals surface area contributed by atoms with Crippen LogP contribution in [0.5, 0.6) is 0 Å². The second-order valence-corrected chi connectivity index (χ2v) is 8.27. The zero-order valence-corrected chi connectivity index (χ0v) is 18.9. The van der Waals surface area contributed by atoms with Gasteiger partial charge < -0.3 is 9.47 Å². The first-order valence-corrected chi connectivity index (χ1v) is 11.4. The first-order chi connectivity index (χ1) is 14.4. The van der Waals surface area contributed by atoms with Gasteiger partial charge in [-0.05, 0) is 50.1 Å². The number of fused-ring (bicyclic) bond motifs is 1. The number of para-hydroxylation sites is 1. The van der Waals surface area contributed by atoms with E-state index in [2.05, 4.69) is 13.0 Å². The molecule has 2 heterocycles. The van der Waals surface area contributed by atoms with E-state index in [9.17, 15) is 14.4 Å². The van der Waals surface area contributed by atoms with Crippen LogP contribution in [0.25, 0.3) is 17.0 Å². The van der Waals surface area contributed by atoms with E-state index >= 15 is 0 Å². The smallest absolute Gasteiger partial charge is 0.293 e. The van der Waals surface area contributed by atoms with Crippen molar-refractivity contribution < 1.29 is 14.4 Å². The maximum atomic E-state index is 12.8. The van der Waals surface area contributed by atoms with E-state index in [0.29, 0.717) is 24.5 Å². The van der Waals surface area contributed by atoms with Crippen LogP contribution >= 0.6 is 11.8 Å². The zero-order valence-electron chi connectivity index (χ0n) is 18.1.